The lowest BCUT2D eigenvalue weighted by Crippen LogP contribution is -2.16. The van der Waals surface area contributed by atoms with Crippen molar-refractivity contribution in [3.05, 3.63) is 17.7 Å². The van der Waals surface area contributed by atoms with Crippen molar-refractivity contribution in [1.82, 2.24) is 0 Å². The SMILES string of the molecule is O=C(O)c1ccc2c(c1O)OCCO2. The lowest BCUT2D eigenvalue weighted by molar-refractivity contribution is 0.0691. The summed E-state index contributed by atoms with van der Waals surface area (Å²) in [5.74, 6) is -1.09. The van der Waals surface area contributed by atoms with Gasteiger partial charge in [-0.3, -0.25) is 0 Å². The Morgan fingerprint density at radius 2 is 2.00 bits per heavy atom. The summed E-state index contributed by atoms with van der Waals surface area (Å²) in [5.41, 5.74) is -0.186. The van der Waals surface area contributed by atoms with Crippen molar-refractivity contribution in [2.24, 2.45) is 0 Å². The zero-order chi connectivity index (χ0) is 10.1. The van der Waals surface area contributed by atoms with Crippen molar-refractivity contribution >= 4 is 5.97 Å². The van der Waals surface area contributed by atoms with Gasteiger partial charge in [-0.1, -0.05) is 0 Å². The average molecular weight is 196 g/mol. The zero-order valence-corrected chi connectivity index (χ0v) is 7.19. The van der Waals surface area contributed by atoms with Crippen LogP contribution < -0.4 is 9.47 Å². The molecule has 0 aliphatic carbocycles. The van der Waals surface area contributed by atoms with E-state index >= 15 is 0 Å². The maximum absolute atomic E-state index is 10.7. The number of hydrogen-bond acceptors (Lipinski definition) is 4. The fourth-order valence-electron chi connectivity index (χ4n) is 1.27. The third-order valence-electron chi connectivity index (χ3n) is 1.91. The third-order valence-corrected chi connectivity index (χ3v) is 1.91. The van der Waals surface area contributed by atoms with Crippen LogP contribution in [0.2, 0.25) is 0 Å². The number of carboxylic acids is 1. The quantitative estimate of drug-likeness (QED) is 0.696. The summed E-state index contributed by atoms with van der Waals surface area (Å²) < 4.78 is 10.3. The van der Waals surface area contributed by atoms with Crippen LogP contribution in [0.25, 0.3) is 0 Å². The fraction of sp³-hybridized carbons (Fsp3) is 0.222. The van der Waals surface area contributed by atoms with Gasteiger partial charge in [-0.05, 0) is 12.1 Å². The van der Waals surface area contributed by atoms with Crippen molar-refractivity contribution in [1.29, 1.82) is 0 Å². The van der Waals surface area contributed by atoms with Crippen molar-refractivity contribution in [3.8, 4) is 17.2 Å². The number of aromatic hydroxyl groups is 1. The number of ether oxygens (including phenoxy) is 2. The minimum atomic E-state index is -1.19. The molecule has 0 atom stereocenters. The van der Waals surface area contributed by atoms with Crippen LogP contribution in [0.1, 0.15) is 10.4 Å². The Bertz CT molecular complexity index is 385. The topological polar surface area (TPSA) is 76.0 Å². The molecule has 0 radical (unpaired) electrons. The fourth-order valence-corrected chi connectivity index (χ4v) is 1.27. The summed E-state index contributed by atoms with van der Waals surface area (Å²) in [6, 6.07) is 2.75. The van der Waals surface area contributed by atoms with Crippen LogP contribution in [0.15, 0.2) is 12.1 Å². The van der Waals surface area contributed by atoms with E-state index in [2.05, 4.69) is 0 Å². The Labute approximate surface area is 79.5 Å². The number of hydrogen-bond donors (Lipinski definition) is 2. The van der Waals surface area contributed by atoms with Gasteiger partial charge in [-0.2, -0.15) is 0 Å². The highest BCUT2D eigenvalue weighted by atomic mass is 16.6. The number of carboxylic acid groups (broad SMARTS) is 1. The van der Waals surface area contributed by atoms with Crippen LogP contribution in [0.5, 0.6) is 17.2 Å². The number of phenols is 1. The molecule has 1 aliphatic heterocycles. The van der Waals surface area contributed by atoms with E-state index < -0.39 is 5.97 Å². The van der Waals surface area contributed by atoms with Gasteiger partial charge in [0.2, 0.25) is 5.75 Å². The molecule has 2 N–H and O–H groups in total. The van der Waals surface area contributed by atoms with E-state index in [0.29, 0.717) is 19.0 Å². The molecule has 0 fully saturated rings. The second-order valence-electron chi connectivity index (χ2n) is 2.79. The average Bonchev–Trinajstić information content (AvgIpc) is 2.18. The second kappa shape index (κ2) is 3.10. The van der Waals surface area contributed by atoms with Crippen LogP contribution in [0.4, 0.5) is 0 Å². The molecule has 14 heavy (non-hydrogen) atoms. The van der Waals surface area contributed by atoms with Crippen LogP contribution in [-0.4, -0.2) is 29.4 Å². The maximum Gasteiger partial charge on any atom is 0.339 e. The zero-order valence-electron chi connectivity index (χ0n) is 7.19. The van der Waals surface area contributed by atoms with Crippen LogP contribution in [-0.2, 0) is 0 Å². The molecule has 2 rings (SSSR count). The van der Waals surface area contributed by atoms with E-state index in [-0.39, 0.29) is 17.1 Å². The van der Waals surface area contributed by atoms with Gasteiger partial charge in [0.25, 0.3) is 0 Å². The van der Waals surface area contributed by atoms with Gasteiger partial charge in [0.1, 0.15) is 18.8 Å². The Balaban J connectivity index is 2.54. The second-order valence-corrected chi connectivity index (χ2v) is 2.79. The lowest BCUT2D eigenvalue weighted by Gasteiger charge is -2.19. The largest absolute Gasteiger partial charge is 0.504 e. The molecule has 0 bridgehead atoms. The number of fused-ring (bicyclic) bond motifs is 1. The molecule has 0 aromatic heterocycles. The monoisotopic (exact) mass is 196 g/mol. The molecular formula is C9H8O5. The number of benzene rings is 1. The third kappa shape index (κ3) is 1.22. The Morgan fingerprint density at radius 1 is 1.29 bits per heavy atom. The standard InChI is InChI=1S/C9H8O5/c10-7-5(9(11)12)1-2-6-8(7)14-4-3-13-6/h1-2,10H,3-4H2,(H,11,12). The van der Waals surface area contributed by atoms with Crippen LogP contribution in [0, 0.1) is 0 Å². The highest BCUT2D eigenvalue weighted by molar-refractivity contribution is 5.92. The number of rotatable bonds is 1. The van der Waals surface area contributed by atoms with E-state index in [9.17, 15) is 9.90 Å². The van der Waals surface area contributed by atoms with Gasteiger partial charge in [0.05, 0.1) is 0 Å². The van der Waals surface area contributed by atoms with Gasteiger partial charge < -0.3 is 19.7 Å². The van der Waals surface area contributed by atoms with Gasteiger partial charge in [-0.25, -0.2) is 4.79 Å². The smallest absolute Gasteiger partial charge is 0.339 e. The lowest BCUT2D eigenvalue weighted by atomic mass is 10.1. The molecule has 0 unspecified atom stereocenters. The molecule has 0 saturated heterocycles. The van der Waals surface area contributed by atoms with Crippen LogP contribution in [0.3, 0.4) is 0 Å². The molecule has 1 aliphatic rings. The molecule has 0 spiro atoms. The van der Waals surface area contributed by atoms with Gasteiger partial charge in [0.15, 0.2) is 11.5 Å². The van der Waals surface area contributed by atoms with Gasteiger partial charge in [0, 0.05) is 0 Å². The highest BCUT2D eigenvalue weighted by Gasteiger charge is 2.21. The molecule has 5 nitrogen and oxygen atoms in total. The summed E-state index contributed by atoms with van der Waals surface area (Å²) in [6.07, 6.45) is 0. The summed E-state index contributed by atoms with van der Waals surface area (Å²) >= 11 is 0. The van der Waals surface area contributed by atoms with E-state index in [1.54, 1.807) is 0 Å². The Hall–Kier alpha value is -1.91. The number of aromatic carboxylic acids is 1. The minimum absolute atomic E-state index is 0.108. The molecular weight excluding hydrogens is 188 g/mol. The van der Waals surface area contributed by atoms with Crippen LogP contribution >= 0.6 is 0 Å². The summed E-state index contributed by atoms with van der Waals surface area (Å²) in [6.45, 7) is 0.711. The predicted octanol–water partition coefficient (Wildman–Crippen LogP) is 0.862. The first kappa shape index (κ1) is 8.68. The first-order valence-corrected chi connectivity index (χ1v) is 4.05. The summed E-state index contributed by atoms with van der Waals surface area (Å²) in [4.78, 5) is 10.7. The first-order chi connectivity index (χ1) is 6.70. The van der Waals surface area contributed by atoms with Crippen molar-refractivity contribution in [2.75, 3.05) is 13.2 Å². The molecule has 74 valence electrons. The number of carbonyl (C=O) groups is 1. The van der Waals surface area contributed by atoms with E-state index in [1.807, 2.05) is 0 Å². The van der Waals surface area contributed by atoms with E-state index in [4.69, 9.17) is 14.6 Å². The van der Waals surface area contributed by atoms with Crippen molar-refractivity contribution in [2.45, 2.75) is 0 Å². The molecule has 1 heterocycles. The molecule has 0 saturated carbocycles. The Morgan fingerprint density at radius 3 is 2.71 bits per heavy atom. The van der Waals surface area contributed by atoms with Gasteiger partial charge in [-0.15, -0.1) is 0 Å². The first-order valence-electron chi connectivity index (χ1n) is 4.05. The molecule has 1 aromatic rings. The molecule has 0 amide bonds. The van der Waals surface area contributed by atoms with Gasteiger partial charge >= 0.3 is 5.97 Å². The van der Waals surface area contributed by atoms with Crippen molar-refractivity contribution in [3.63, 3.8) is 0 Å². The molecule has 1 aromatic carbocycles. The summed E-state index contributed by atoms with van der Waals surface area (Å²) in [7, 11) is 0. The highest BCUT2D eigenvalue weighted by Crippen LogP contribution is 2.40. The molecule has 5 heteroatoms. The van der Waals surface area contributed by atoms with E-state index in [0.717, 1.165) is 0 Å². The summed E-state index contributed by atoms with van der Waals surface area (Å²) in [5, 5.41) is 18.2. The Kier molecular flexibility index (Phi) is 1.92. The maximum atomic E-state index is 10.7. The minimum Gasteiger partial charge on any atom is -0.504 e. The van der Waals surface area contributed by atoms with E-state index in [1.165, 1.54) is 12.1 Å². The normalized spacial score (nSPS) is 13.7. The predicted molar refractivity (Wildman–Crippen MR) is 46.1 cm³/mol. The van der Waals surface area contributed by atoms with Crippen molar-refractivity contribution < 1.29 is 24.5 Å².